The van der Waals surface area contributed by atoms with Crippen molar-refractivity contribution in [2.24, 2.45) is 0 Å². The third-order valence-corrected chi connectivity index (χ3v) is 5.97. The van der Waals surface area contributed by atoms with Gasteiger partial charge in [0, 0.05) is 18.1 Å². The molecule has 0 bridgehead atoms. The number of piperidine rings is 1. The number of hydrogen-bond donors (Lipinski definition) is 1. The first kappa shape index (κ1) is 17.0. The van der Waals surface area contributed by atoms with Gasteiger partial charge in [-0.05, 0) is 43.9 Å². The van der Waals surface area contributed by atoms with Crippen LogP contribution in [0.25, 0.3) is 0 Å². The fourth-order valence-electron chi connectivity index (χ4n) is 2.72. The lowest BCUT2D eigenvalue weighted by atomic mass is 10.1. The molecule has 2 aromatic rings. The summed E-state index contributed by atoms with van der Waals surface area (Å²) in [5.74, 6) is 0.636. The Hall–Kier alpha value is -1.86. The van der Waals surface area contributed by atoms with Crippen molar-refractivity contribution in [1.82, 2.24) is 9.97 Å². The molecule has 0 saturated carbocycles. The minimum atomic E-state index is -3.73. The molecule has 1 aliphatic heterocycles. The SMILES string of the molecule is Cc1c(Cl)cccc1S(=O)(=O)Nc1cnc(N2CCCCC2)nc1. The van der Waals surface area contributed by atoms with Gasteiger partial charge in [-0.2, -0.15) is 0 Å². The van der Waals surface area contributed by atoms with Gasteiger partial charge in [-0.3, -0.25) is 4.72 Å². The van der Waals surface area contributed by atoms with E-state index in [0.29, 0.717) is 22.2 Å². The van der Waals surface area contributed by atoms with Crippen molar-refractivity contribution in [3.05, 3.63) is 41.2 Å². The minimum Gasteiger partial charge on any atom is -0.341 e. The van der Waals surface area contributed by atoms with Crippen LogP contribution in [0.2, 0.25) is 5.02 Å². The molecule has 24 heavy (non-hydrogen) atoms. The lowest BCUT2D eigenvalue weighted by Crippen LogP contribution is -2.30. The Bertz CT molecular complexity index is 818. The molecule has 128 valence electrons. The normalized spacial score (nSPS) is 15.3. The van der Waals surface area contributed by atoms with Crippen LogP contribution in [0.1, 0.15) is 24.8 Å². The zero-order chi connectivity index (χ0) is 17.2. The van der Waals surface area contributed by atoms with Gasteiger partial charge in [0.25, 0.3) is 10.0 Å². The van der Waals surface area contributed by atoms with E-state index in [2.05, 4.69) is 19.6 Å². The molecule has 2 heterocycles. The third kappa shape index (κ3) is 3.62. The highest BCUT2D eigenvalue weighted by Crippen LogP contribution is 2.25. The van der Waals surface area contributed by atoms with Crippen LogP contribution >= 0.6 is 11.6 Å². The van der Waals surface area contributed by atoms with Crippen molar-refractivity contribution in [2.45, 2.75) is 31.1 Å². The van der Waals surface area contributed by atoms with E-state index in [1.807, 2.05) is 0 Å². The first-order valence-corrected chi connectivity index (χ1v) is 9.68. The summed E-state index contributed by atoms with van der Waals surface area (Å²) in [6, 6.07) is 4.79. The maximum Gasteiger partial charge on any atom is 0.262 e. The van der Waals surface area contributed by atoms with Crippen LogP contribution in [-0.2, 0) is 10.0 Å². The number of hydrogen-bond acceptors (Lipinski definition) is 5. The van der Waals surface area contributed by atoms with E-state index < -0.39 is 10.0 Å². The van der Waals surface area contributed by atoms with Crippen LogP contribution in [-0.4, -0.2) is 31.5 Å². The summed E-state index contributed by atoms with van der Waals surface area (Å²) in [7, 11) is -3.73. The highest BCUT2D eigenvalue weighted by atomic mass is 35.5. The first-order chi connectivity index (χ1) is 11.5. The van der Waals surface area contributed by atoms with Crippen molar-refractivity contribution >= 4 is 33.3 Å². The number of nitrogens with one attached hydrogen (secondary N) is 1. The highest BCUT2D eigenvalue weighted by molar-refractivity contribution is 7.92. The van der Waals surface area contributed by atoms with Gasteiger partial charge in [0.2, 0.25) is 5.95 Å². The van der Waals surface area contributed by atoms with Crippen LogP contribution in [0, 0.1) is 6.92 Å². The molecule has 1 aromatic carbocycles. The van der Waals surface area contributed by atoms with Gasteiger partial charge < -0.3 is 4.90 Å². The Balaban J connectivity index is 1.79. The number of aromatic nitrogens is 2. The topological polar surface area (TPSA) is 75.2 Å². The van der Waals surface area contributed by atoms with Gasteiger partial charge in [-0.1, -0.05) is 17.7 Å². The second kappa shape index (κ2) is 6.94. The molecule has 1 aromatic heterocycles. The van der Waals surface area contributed by atoms with E-state index >= 15 is 0 Å². The summed E-state index contributed by atoms with van der Waals surface area (Å²) in [6.45, 7) is 3.55. The van der Waals surface area contributed by atoms with E-state index in [9.17, 15) is 8.42 Å². The number of benzene rings is 1. The lowest BCUT2D eigenvalue weighted by molar-refractivity contribution is 0.568. The van der Waals surface area contributed by atoms with Crippen LogP contribution in [0.3, 0.4) is 0 Å². The Labute approximate surface area is 146 Å². The van der Waals surface area contributed by atoms with E-state index in [1.165, 1.54) is 24.9 Å². The molecule has 0 amide bonds. The predicted molar refractivity (Wildman–Crippen MR) is 95.1 cm³/mol. The molecule has 1 saturated heterocycles. The largest absolute Gasteiger partial charge is 0.341 e. The summed E-state index contributed by atoms with van der Waals surface area (Å²) in [4.78, 5) is 10.8. The second-order valence-corrected chi connectivity index (χ2v) is 7.85. The van der Waals surface area contributed by atoms with Crippen LogP contribution in [0.4, 0.5) is 11.6 Å². The zero-order valence-electron chi connectivity index (χ0n) is 13.4. The van der Waals surface area contributed by atoms with Gasteiger partial charge in [0.15, 0.2) is 0 Å². The smallest absolute Gasteiger partial charge is 0.262 e. The number of nitrogens with zero attached hydrogens (tertiary/aromatic N) is 3. The summed E-state index contributed by atoms with van der Waals surface area (Å²) in [5, 5.41) is 0.412. The van der Waals surface area contributed by atoms with Gasteiger partial charge in [0.05, 0.1) is 23.0 Å². The van der Waals surface area contributed by atoms with Crippen molar-refractivity contribution in [2.75, 3.05) is 22.7 Å². The first-order valence-electron chi connectivity index (χ1n) is 7.82. The monoisotopic (exact) mass is 366 g/mol. The molecule has 1 aliphatic rings. The number of rotatable bonds is 4. The summed E-state index contributed by atoms with van der Waals surface area (Å²) in [6.07, 6.45) is 6.48. The molecule has 0 aliphatic carbocycles. The Kier molecular flexibility index (Phi) is 4.91. The van der Waals surface area contributed by atoms with E-state index in [4.69, 9.17) is 11.6 Å². The molecule has 3 rings (SSSR count). The molecule has 6 nitrogen and oxygen atoms in total. The van der Waals surface area contributed by atoms with Gasteiger partial charge in [0.1, 0.15) is 0 Å². The van der Waals surface area contributed by atoms with E-state index in [-0.39, 0.29) is 4.90 Å². The fourth-order valence-corrected chi connectivity index (χ4v) is 4.25. The molecule has 0 atom stereocenters. The lowest BCUT2D eigenvalue weighted by Gasteiger charge is -2.26. The molecule has 0 unspecified atom stereocenters. The average Bonchev–Trinajstić information content (AvgIpc) is 2.58. The maximum absolute atomic E-state index is 12.5. The second-order valence-electron chi connectivity index (χ2n) is 5.79. The maximum atomic E-state index is 12.5. The molecule has 1 N–H and O–H groups in total. The standard InChI is InChI=1S/C16H19ClN4O2S/c1-12-14(17)6-5-7-15(12)24(22,23)20-13-10-18-16(19-11-13)21-8-3-2-4-9-21/h5-7,10-11,20H,2-4,8-9H2,1H3. The van der Waals surface area contributed by atoms with Crippen molar-refractivity contribution in [1.29, 1.82) is 0 Å². The van der Waals surface area contributed by atoms with Crippen LogP contribution < -0.4 is 9.62 Å². The third-order valence-electron chi connectivity index (χ3n) is 4.04. The number of halogens is 1. The predicted octanol–water partition coefficient (Wildman–Crippen LogP) is 3.23. The summed E-state index contributed by atoms with van der Waals surface area (Å²) in [5.41, 5.74) is 0.840. The number of anilines is 2. The van der Waals surface area contributed by atoms with Crippen molar-refractivity contribution in [3.63, 3.8) is 0 Å². The zero-order valence-corrected chi connectivity index (χ0v) is 14.9. The van der Waals surface area contributed by atoms with Crippen LogP contribution in [0.15, 0.2) is 35.5 Å². The fraction of sp³-hybridized carbons (Fsp3) is 0.375. The Morgan fingerprint density at radius 3 is 2.46 bits per heavy atom. The summed E-state index contributed by atoms with van der Waals surface area (Å²) >= 11 is 6.01. The molecule has 0 spiro atoms. The molecular formula is C16H19ClN4O2S. The minimum absolute atomic E-state index is 0.148. The Morgan fingerprint density at radius 2 is 1.79 bits per heavy atom. The van der Waals surface area contributed by atoms with Crippen LogP contribution in [0.5, 0.6) is 0 Å². The average molecular weight is 367 g/mol. The molecule has 1 fully saturated rings. The van der Waals surface area contributed by atoms with Crippen molar-refractivity contribution in [3.8, 4) is 0 Å². The van der Waals surface area contributed by atoms with E-state index in [0.717, 1.165) is 25.9 Å². The van der Waals surface area contributed by atoms with Gasteiger partial charge in [-0.25, -0.2) is 18.4 Å². The molecule has 0 radical (unpaired) electrons. The van der Waals surface area contributed by atoms with Gasteiger partial charge >= 0.3 is 0 Å². The summed E-state index contributed by atoms with van der Waals surface area (Å²) < 4.78 is 27.6. The molecular weight excluding hydrogens is 348 g/mol. The highest BCUT2D eigenvalue weighted by Gasteiger charge is 2.19. The van der Waals surface area contributed by atoms with Gasteiger partial charge in [-0.15, -0.1) is 0 Å². The molecule has 8 heteroatoms. The van der Waals surface area contributed by atoms with Crippen molar-refractivity contribution < 1.29 is 8.42 Å². The van der Waals surface area contributed by atoms with E-state index in [1.54, 1.807) is 19.1 Å². The quantitative estimate of drug-likeness (QED) is 0.899. The number of sulfonamides is 1. The Morgan fingerprint density at radius 1 is 1.12 bits per heavy atom.